The Hall–Kier alpha value is -3.66. The number of anilines is 3. The van der Waals surface area contributed by atoms with Crippen molar-refractivity contribution in [2.45, 2.75) is 27.7 Å². The van der Waals surface area contributed by atoms with E-state index in [1.54, 1.807) is 26.4 Å². The van der Waals surface area contributed by atoms with Gasteiger partial charge in [0.25, 0.3) is 0 Å². The second kappa shape index (κ2) is 9.23. The fraction of sp³-hybridized carbons (Fsp3) is 0.364. The SMILES string of the molecule is COc1cc(/C(=N/N)N(C)N)ccc1Nc1ncc2cc(C)nc(NCC(C)(C)C)c2n1.[HH].[HH]. The Balaban J connectivity index is 0.00000289. The highest BCUT2D eigenvalue weighted by Crippen LogP contribution is 2.29. The number of fused-ring (bicyclic) bond motifs is 1. The summed E-state index contributed by atoms with van der Waals surface area (Å²) in [5.74, 6) is 13.4. The van der Waals surface area contributed by atoms with Crippen LogP contribution in [0.1, 0.15) is 34.9 Å². The van der Waals surface area contributed by atoms with Crippen LogP contribution in [0.3, 0.4) is 0 Å². The van der Waals surface area contributed by atoms with Gasteiger partial charge in [0.1, 0.15) is 11.3 Å². The van der Waals surface area contributed by atoms with Gasteiger partial charge in [-0.05, 0) is 36.6 Å². The average Bonchev–Trinajstić information content (AvgIpc) is 2.72. The van der Waals surface area contributed by atoms with E-state index in [2.05, 4.69) is 46.5 Å². The van der Waals surface area contributed by atoms with Gasteiger partial charge < -0.3 is 21.2 Å². The fourth-order valence-electron chi connectivity index (χ4n) is 3.13. The van der Waals surface area contributed by atoms with Crippen LogP contribution in [-0.4, -0.2) is 46.5 Å². The molecule has 0 spiro atoms. The predicted octanol–water partition coefficient (Wildman–Crippen LogP) is 3.46. The minimum absolute atomic E-state index is 0. The van der Waals surface area contributed by atoms with Gasteiger partial charge in [0.05, 0.1) is 12.8 Å². The van der Waals surface area contributed by atoms with Gasteiger partial charge in [0, 0.05) is 39.3 Å². The van der Waals surface area contributed by atoms with Crippen molar-refractivity contribution in [1.82, 2.24) is 20.0 Å². The first-order valence-corrected chi connectivity index (χ1v) is 10.2. The Morgan fingerprint density at radius 3 is 2.62 bits per heavy atom. The second-order valence-electron chi connectivity index (χ2n) is 8.76. The molecule has 2 heterocycles. The summed E-state index contributed by atoms with van der Waals surface area (Å²) >= 11 is 0. The van der Waals surface area contributed by atoms with E-state index in [0.29, 0.717) is 28.8 Å². The fourth-order valence-corrected chi connectivity index (χ4v) is 3.13. The number of hydrazone groups is 1. The monoisotopic (exact) mass is 441 g/mol. The van der Waals surface area contributed by atoms with Crippen LogP contribution in [0, 0.1) is 12.3 Å². The maximum Gasteiger partial charge on any atom is 0.227 e. The molecule has 3 aromatic rings. The summed E-state index contributed by atoms with van der Waals surface area (Å²) in [5, 5.41) is 12.6. The van der Waals surface area contributed by atoms with E-state index in [1.165, 1.54) is 5.01 Å². The van der Waals surface area contributed by atoms with Crippen molar-refractivity contribution in [2.24, 2.45) is 22.2 Å². The highest BCUT2D eigenvalue weighted by atomic mass is 16.5. The van der Waals surface area contributed by atoms with E-state index in [9.17, 15) is 0 Å². The highest BCUT2D eigenvalue weighted by Gasteiger charge is 2.15. The zero-order chi connectivity index (χ0) is 23.5. The summed E-state index contributed by atoms with van der Waals surface area (Å²) in [5.41, 5.74) is 3.15. The molecule has 0 bridgehead atoms. The van der Waals surface area contributed by atoms with Crippen LogP contribution in [0.25, 0.3) is 10.9 Å². The number of nitrogens with one attached hydrogen (secondary N) is 2. The number of nitrogens with two attached hydrogens (primary N) is 2. The number of pyridine rings is 1. The summed E-state index contributed by atoms with van der Waals surface area (Å²) in [6, 6.07) is 7.43. The standard InChI is InChI=1S/C22H31N9O.2H2/c1-13-9-15-11-25-21(29-18(15)19(27-13)26-12-22(2,3)4)28-16-8-7-14(10-17(16)32-6)20(30-23)31(5)24;;/h7-11H,12,23-24H2,1-6H3,(H,26,27)(H,25,28,29);2*1H/b30-20-;;. The van der Waals surface area contributed by atoms with Crippen molar-refractivity contribution in [3.05, 3.63) is 41.7 Å². The smallest absolute Gasteiger partial charge is 0.227 e. The molecule has 10 heteroatoms. The minimum atomic E-state index is 0. The van der Waals surface area contributed by atoms with Crippen molar-refractivity contribution in [3.8, 4) is 5.75 Å². The number of hydrogen-bond acceptors (Lipinski definition) is 9. The molecule has 0 saturated carbocycles. The largest absolute Gasteiger partial charge is 0.495 e. The third-order valence-electron chi connectivity index (χ3n) is 4.64. The second-order valence-corrected chi connectivity index (χ2v) is 8.76. The van der Waals surface area contributed by atoms with E-state index >= 15 is 0 Å². The molecular weight excluding hydrogens is 406 g/mol. The van der Waals surface area contributed by atoms with Gasteiger partial charge in [-0.25, -0.2) is 20.8 Å². The van der Waals surface area contributed by atoms with Crippen LogP contribution in [0.4, 0.5) is 17.5 Å². The van der Waals surface area contributed by atoms with Crippen molar-refractivity contribution in [1.29, 1.82) is 0 Å². The molecule has 1 aromatic carbocycles. The Morgan fingerprint density at radius 1 is 1.25 bits per heavy atom. The molecule has 0 aliphatic heterocycles. The molecule has 0 amide bonds. The topological polar surface area (TPSA) is 140 Å². The number of aryl methyl sites for hydroxylation is 1. The first-order chi connectivity index (χ1) is 15.1. The maximum absolute atomic E-state index is 5.80. The van der Waals surface area contributed by atoms with E-state index < -0.39 is 0 Å². The molecule has 0 unspecified atom stereocenters. The van der Waals surface area contributed by atoms with Gasteiger partial charge in [-0.3, -0.25) is 5.01 Å². The lowest BCUT2D eigenvalue weighted by atomic mass is 9.97. The highest BCUT2D eigenvalue weighted by molar-refractivity contribution is 5.99. The van der Waals surface area contributed by atoms with E-state index in [1.807, 2.05) is 25.1 Å². The Kier molecular flexibility index (Phi) is 6.64. The first-order valence-electron chi connectivity index (χ1n) is 10.2. The molecule has 0 aliphatic carbocycles. The lowest BCUT2D eigenvalue weighted by molar-refractivity contribution is 0.416. The Labute approximate surface area is 191 Å². The summed E-state index contributed by atoms with van der Waals surface area (Å²) in [6.07, 6.45) is 1.78. The van der Waals surface area contributed by atoms with Gasteiger partial charge in [-0.1, -0.05) is 20.8 Å². The number of rotatable bonds is 6. The van der Waals surface area contributed by atoms with Crippen molar-refractivity contribution < 1.29 is 7.59 Å². The number of methoxy groups -OCH3 is 1. The number of hydrazine groups is 1. The molecule has 0 radical (unpaired) electrons. The Morgan fingerprint density at radius 2 is 2.00 bits per heavy atom. The number of nitrogens with zero attached hydrogens (tertiary/aromatic N) is 5. The molecule has 6 N–H and O–H groups in total. The van der Waals surface area contributed by atoms with Crippen LogP contribution >= 0.6 is 0 Å². The number of hydrogen-bond donors (Lipinski definition) is 4. The molecule has 0 fully saturated rings. The van der Waals surface area contributed by atoms with Crippen LogP contribution in [-0.2, 0) is 0 Å². The number of aromatic nitrogens is 3. The van der Waals surface area contributed by atoms with E-state index in [0.717, 1.165) is 29.0 Å². The molecule has 2 aromatic heterocycles. The van der Waals surface area contributed by atoms with Crippen LogP contribution in [0.2, 0.25) is 0 Å². The molecule has 3 rings (SSSR count). The number of benzene rings is 1. The summed E-state index contributed by atoms with van der Waals surface area (Å²) < 4.78 is 5.54. The third-order valence-corrected chi connectivity index (χ3v) is 4.64. The van der Waals surface area contributed by atoms with Gasteiger partial charge in [0.15, 0.2) is 11.7 Å². The zero-order valence-corrected chi connectivity index (χ0v) is 19.4. The number of ether oxygens (including phenoxy) is 1. The van der Waals surface area contributed by atoms with Gasteiger partial charge in [-0.2, -0.15) is 5.10 Å². The summed E-state index contributed by atoms with van der Waals surface area (Å²) in [6.45, 7) is 9.22. The van der Waals surface area contributed by atoms with Gasteiger partial charge in [-0.15, -0.1) is 0 Å². The van der Waals surface area contributed by atoms with Crippen LogP contribution < -0.4 is 27.1 Å². The Bertz CT molecular complexity index is 1150. The summed E-state index contributed by atoms with van der Waals surface area (Å²) in [4.78, 5) is 13.8. The minimum Gasteiger partial charge on any atom is -0.495 e. The molecule has 174 valence electrons. The molecule has 32 heavy (non-hydrogen) atoms. The van der Waals surface area contributed by atoms with Gasteiger partial charge >= 0.3 is 0 Å². The van der Waals surface area contributed by atoms with Gasteiger partial charge in [0.2, 0.25) is 5.95 Å². The number of amidine groups is 1. The molecule has 0 saturated heterocycles. The molecule has 0 aliphatic rings. The lowest BCUT2D eigenvalue weighted by Gasteiger charge is -2.20. The summed E-state index contributed by atoms with van der Waals surface area (Å²) in [7, 11) is 3.24. The average molecular weight is 442 g/mol. The molecule has 10 nitrogen and oxygen atoms in total. The molecule has 0 atom stereocenters. The zero-order valence-electron chi connectivity index (χ0n) is 19.4. The van der Waals surface area contributed by atoms with E-state index in [4.69, 9.17) is 21.4 Å². The third kappa shape index (κ3) is 5.33. The lowest BCUT2D eigenvalue weighted by Crippen LogP contribution is -2.34. The molecular formula is C22H35N9O. The quantitative estimate of drug-likeness (QED) is 0.196. The van der Waals surface area contributed by atoms with Crippen molar-refractivity contribution >= 4 is 34.2 Å². The van der Waals surface area contributed by atoms with Crippen molar-refractivity contribution in [2.75, 3.05) is 31.3 Å². The predicted molar refractivity (Wildman–Crippen MR) is 133 cm³/mol. The van der Waals surface area contributed by atoms with E-state index in [-0.39, 0.29) is 8.27 Å². The first kappa shape index (κ1) is 23.0. The maximum atomic E-state index is 5.80. The van der Waals surface area contributed by atoms with Crippen molar-refractivity contribution in [3.63, 3.8) is 0 Å². The van der Waals surface area contributed by atoms with Crippen LogP contribution in [0.5, 0.6) is 5.75 Å². The normalized spacial score (nSPS) is 12.0. The van der Waals surface area contributed by atoms with Crippen LogP contribution in [0.15, 0.2) is 35.6 Å².